The van der Waals surface area contributed by atoms with Gasteiger partial charge in [0.05, 0.1) is 5.56 Å². The first-order valence-electron chi connectivity index (χ1n) is 14.7. The fraction of sp³-hybridized carbons (Fsp3) is 0.394. The van der Waals surface area contributed by atoms with Gasteiger partial charge in [-0.05, 0) is 37.8 Å². The summed E-state index contributed by atoms with van der Waals surface area (Å²) in [5.41, 5.74) is 3.16. The molecule has 4 rings (SSSR count). The second-order valence-electron chi connectivity index (χ2n) is 10.2. The van der Waals surface area contributed by atoms with E-state index in [0.29, 0.717) is 42.7 Å². The summed E-state index contributed by atoms with van der Waals surface area (Å²) in [4.78, 5) is 45.4. The third-order valence-electron chi connectivity index (χ3n) is 7.09. The van der Waals surface area contributed by atoms with Crippen molar-refractivity contribution in [2.24, 2.45) is 0 Å². The first kappa shape index (κ1) is 35.9. The number of carbonyl (C=O) groups is 2. The number of amides is 1. The first-order valence-corrected chi connectivity index (χ1v) is 16.3. The molecule has 1 amide bonds. The summed E-state index contributed by atoms with van der Waals surface area (Å²) in [5.74, 6) is 0.166. The molecular weight excluding hydrogens is 579 g/mol. The number of hydrogen-bond acceptors (Lipinski definition) is 8. The lowest BCUT2D eigenvalue weighted by atomic mass is 10.0. The molecule has 1 N–H and O–H groups in total. The van der Waals surface area contributed by atoms with E-state index < -0.39 is 0 Å². The molecule has 8 nitrogen and oxygen atoms in total. The molecule has 10 heteroatoms. The summed E-state index contributed by atoms with van der Waals surface area (Å²) in [6, 6.07) is 17.3. The summed E-state index contributed by atoms with van der Waals surface area (Å²) in [6.45, 7) is 9.97. The van der Waals surface area contributed by atoms with Gasteiger partial charge in [0.15, 0.2) is 12.1 Å². The maximum atomic E-state index is 13.0. The highest BCUT2D eigenvalue weighted by molar-refractivity contribution is 8.59. The van der Waals surface area contributed by atoms with Crippen molar-refractivity contribution in [3.8, 4) is 0 Å². The van der Waals surface area contributed by atoms with E-state index >= 15 is 0 Å². The van der Waals surface area contributed by atoms with Crippen LogP contribution in [0, 0.1) is 0 Å². The van der Waals surface area contributed by atoms with E-state index in [2.05, 4.69) is 75.8 Å². The summed E-state index contributed by atoms with van der Waals surface area (Å²) < 4.78 is 1.64. The predicted molar refractivity (Wildman–Crippen MR) is 184 cm³/mol. The SMILES string of the molecule is C/C(=C\c1ccccc1)CN1CCC(Nc2nccn(CCCN(C)C(=O)c3ccccc3C=O)c2=O)CC1.CC.SS. The fourth-order valence-electron chi connectivity index (χ4n) is 4.96. The molecule has 1 saturated heterocycles. The number of nitrogens with zero attached hydrogens (tertiary/aromatic N) is 4. The van der Waals surface area contributed by atoms with Crippen molar-refractivity contribution in [1.82, 2.24) is 19.4 Å². The second kappa shape index (κ2) is 19.8. The lowest BCUT2D eigenvalue weighted by Gasteiger charge is -2.32. The van der Waals surface area contributed by atoms with Gasteiger partial charge in [0, 0.05) is 63.8 Å². The third-order valence-corrected chi connectivity index (χ3v) is 7.09. The zero-order valence-corrected chi connectivity index (χ0v) is 27.4. The van der Waals surface area contributed by atoms with E-state index in [4.69, 9.17) is 0 Å². The molecule has 1 fully saturated rings. The van der Waals surface area contributed by atoms with E-state index in [1.165, 1.54) is 11.1 Å². The Kier molecular flexibility index (Phi) is 16.5. The van der Waals surface area contributed by atoms with Gasteiger partial charge in [-0.3, -0.25) is 19.3 Å². The van der Waals surface area contributed by atoms with Crippen molar-refractivity contribution in [1.29, 1.82) is 0 Å². The smallest absolute Gasteiger partial charge is 0.293 e. The Bertz CT molecular complexity index is 1360. The molecule has 0 radical (unpaired) electrons. The van der Waals surface area contributed by atoms with Gasteiger partial charge in [-0.1, -0.05) is 74.0 Å². The number of aldehydes is 1. The van der Waals surface area contributed by atoms with Gasteiger partial charge in [0.25, 0.3) is 11.5 Å². The lowest BCUT2D eigenvalue weighted by molar-refractivity contribution is 0.0788. The highest BCUT2D eigenvalue weighted by Gasteiger charge is 2.21. The number of nitrogens with one attached hydrogen (secondary N) is 1. The molecule has 43 heavy (non-hydrogen) atoms. The van der Waals surface area contributed by atoms with Crippen molar-refractivity contribution in [3.05, 3.63) is 99.6 Å². The summed E-state index contributed by atoms with van der Waals surface area (Å²) in [5, 5.41) is 3.37. The van der Waals surface area contributed by atoms with E-state index in [1.54, 1.807) is 53.2 Å². The second-order valence-corrected chi connectivity index (χ2v) is 10.2. The van der Waals surface area contributed by atoms with Gasteiger partial charge in [0.2, 0.25) is 0 Å². The van der Waals surface area contributed by atoms with E-state index in [-0.39, 0.29) is 17.5 Å². The monoisotopic (exact) mass is 623 g/mol. The van der Waals surface area contributed by atoms with Crippen LogP contribution in [0.2, 0.25) is 0 Å². The molecule has 0 atom stereocenters. The molecule has 2 aromatic carbocycles. The molecule has 1 aliphatic heterocycles. The third kappa shape index (κ3) is 11.3. The van der Waals surface area contributed by atoms with E-state index in [1.807, 2.05) is 19.9 Å². The average molecular weight is 624 g/mol. The van der Waals surface area contributed by atoms with Crippen molar-refractivity contribution < 1.29 is 9.59 Å². The molecule has 1 aromatic heterocycles. The quantitative estimate of drug-likeness (QED) is 0.138. The highest BCUT2D eigenvalue weighted by Crippen LogP contribution is 2.16. The van der Waals surface area contributed by atoms with Crippen LogP contribution in [0.4, 0.5) is 5.82 Å². The van der Waals surface area contributed by atoms with Crippen LogP contribution in [0.25, 0.3) is 6.08 Å². The Morgan fingerprint density at radius 2 is 1.72 bits per heavy atom. The fourth-order valence-corrected chi connectivity index (χ4v) is 4.96. The number of likely N-dealkylation sites (tertiary alicyclic amines) is 1. The van der Waals surface area contributed by atoms with Crippen molar-refractivity contribution >= 4 is 47.4 Å². The molecule has 0 aliphatic carbocycles. The van der Waals surface area contributed by atoms with Crippen LogP contribution in [0.3, 0.4) is 0 Å². The number of benzene rings is 2. The van der Waals surface area contributed by atoms with Gasteiger partial charge in [0.1, 0.15) is 0 Å². The van der Waals surface area contributed by atoms with Crippen molar-refractivity contribution in [2.75, 3.05) is 38.5 Å². The molecule has 0 saturated carbocycles. The number of piperidine rings is 1. The van der Waals surface area contributed by atoms with Gasteiger partial charge in [-0.2, -0.15) is 0 Å². The molecule has 0 bridgehead atoms. The molecule has 232 valence electrons. The average Bonchev–Trinajstić information content (AvgIpc) is 3.05. The minimum atomic E-state index is -0.209. The van der Waals surface area contributed by atoms with E-state index in [9.17, 15) is 14.4 Å². The maximum Gasteiger partial charge on any atom is 0.293 e. The molecule has 3 aromatic rings. The molecular formula is C33H45N5O3S2. The number of aryl methyl sites for hydroxylation is 1. The van der Waals surface area contributed by atoms with Crippen molar-refractivity contribution in [3.63, 3.8) is 0 Å². The Hall–Kier alpha value is -3.34. The standard InChI is InChI=1S/C31H37N5O3.C2H6.H2S2/c1-24(21-25-9-4-3-5-10-25)22-35-18-13-27(14-19-35)33-29-31(39)36(20-15-32-29)17-8-16-34(2)30(38)28-12-7-6-11-26(28)23-37;2*1-2/h3-7,9-12,15,20-21,23,27H,8,13-14,16-19,22H2,1-2H3,(H,32,33);1-2H3;1-2H/b24-21+;;. The van der Waals surface area contributed by atoms with Crippen LogP contribution in [0.15, 0.2) is 77.4 Å². The summed E-state index contributed by atoms with van der Waals surface area (Å²) >= 11 is 6.44. The topological polar surface area (TPSA) is 87.5 Å². The minimum absolute atomic E-state index is 0.151. The van der Waals surface area contributed by atoms with Crippen LogP contribution in [0.1, 0.15) is 66.3 Å². The van der Waals surface area contributed by atoms with Crippen molar-refractivity contribution in [2.45, 2.75) is 52.6 Å². The van der Waals surface area contributed by atoms with Crippen LogP contribution in [0.5, 0.6) is 0 Å². The zero-order chi connectivity index (χ0) is 31.6. The van der Waals surface area contributed by atoms with Gasteiger partial charge in [-0.25, -0.2) is 4.98 Å². The Labute approximate surface area is 266 Å². The van der Waals surface area contributed by atoms with Crippen LogP contribution in [-0.2, 0) is 6.54 Å². The lowest BCUT2D eigenvalue weighted by Crippen LogP contribution is -2.41. The van der Waals surface area contributed by atoms with E-state index in [0.717, 1.165) is 32.5 Å². The number of aromatic nitrogens is 2. The molecule has 1 aliphatic rings. The first-order chi connectivity index (χ1) is 20.9. The Morgan fingerprint density at radius 3 is 2.40 bits per heavy atom. The minimum Gasteiger partial charge on any atom is -0.363 e. The Morgan fingerprint density at radius 1 is 1.07 bits per heavy atom. The largest absolute Gasteiger partial charge is 0.363 e. The molecule has 0 spiro atoms. The molecule has 0 unspecified atom stereocenters. The molecule has 2 heterocycles. The number of hydrogen-bond donors (Lipinski definition) is 3. The normalized spacial score (nSPS) is 13.6. The van der Waals surface area contributed by atoms with Gasteiger partial charge < -0.3 is 14.8 Å². The number of rotatable bonds is 11. The number of anilines is 1. The predicted octanol–water partition coefficient (Wildman–Crippen LogP) is 5.99. The summed E-state index contributed by atoms with van der Waals surface area (Å²) in [6.07, 6.45) is 8.75. The van der Waals surface area contributed by atoms with Crippen LogP contribution < -0.4 is 10.9 Å². The zero-order valence-electron chi connectivity index (χ0n) is 25.6. The maximum absolute atomic E-state index is 13.0. The highest BCUT2D eigenvalue weighted by atomic mass is 33.1. The number of carbonyl (C=O) groups excluding carboxylic acids is 2. The van der Waals surface area contributed by atoms with Gasteiger partial charge >= 0.3 is 0 Å². The summed E-state index contributed by atoms with van der Waals surface area (Å²) in [7, 11) is 1.71. The Balaban J connectivity index is 0.00000155. The van der Waals surface area contributed by atoms with Crippen LogP contribution in [-0.4, -0.2) is 70.8 Å². The van der Waals surface area contributed by atoms with Gasteiger partial charge in [-0.15, -0.1) is 23.3 Å². The number of thiol groups is 2. The van der Waals surface area contributed by atoms with Crippen LogP contribution >= 0.6 is 23.3 Å².